The van der Waals surface area contributed by atoms with Gasteiger partial charge in [-0.2, -0.15) is 0 Å². The third-order valence-electron chi connectivity index (χ3n) is 2.45. The molecule has 0 bridgehead atoms. The van der Waals surface area contributed by atoms with Crippen LogP contribution in [0.25, 0.3) is 0 Å². The Bertz CT molecular complexity index is 201. The number of amides is 1. The minimum Gasteiger partial charge on any atom is -0.338 e. The van der Waals surface area contributed by atoms with Crippen molar-refractivity contribution < 1.29 is 4.79 Å². The smallest absolute Gasteiger partial charge is 0.246 e. The van der Waals surface area contributed by atoms with Gasteiger partial charge in [0.25, 0.3) is 0 Å². The van der Waals surface area contributed by atoms with Gasteiger partial charge >= 0.3 is 0 Å². The van der Waals surface area contributed by atoms with Crippen LogP contribution in [0.15, 0.2) is 12.2 Å². The maximum Gasteiger partial charge on any atom is 0.246 e. The molecule has 0 aromatic rings. The van der Waals surface area contributed by atoms with Gasteiger partial charge in [-0.25, -0.2) is 0 Å². The van der Waals surface area contributed by atoms with Crippen LogP contribution in [0.4, 0.5) is 0 Å². The Morgan fingerprint density at radius 3 is 3.00 bits per heavy atom. The zero-order valence-corrected chi connectivity index (χ0v) is 8.42. The van der Waals surface area contributed by atoms with Gasteiger partial charge in [0.1, 0.15) is 0 Å². The topological polar surface area (TPSA) is 32.3 Å². The summed E-state index contributed by atoms with van der Waals surface area (Å²) in [4.78, 5) is 13.4. The van der Waals surface area contributed by atoms with E-state index >= 15 is 0 Å². The Balaban J connectivity index is 2.46. The highest BCUT2D eigenvalue weighted by atomic mass is 16.2. The highest BCUT2D eigenvalue weighted by molar-refractivity contribution is 5.87. The van der Waals surface area contributed by atoms with Crippen LogP contribution in [-0.2, 0) is 4.79 Å². The summed E-state index contributed by atoms with van der Waals surface area (Å²) in [6.45, 7) is 3.62. The Labute approximate surface area is 79.8 Å². The van der Waals surface area contributed by atoms with E-state index in [9.17, 15) is 4.79 Å². The second kappa shape index (κ2) is 5.02. The molecule has 1 unspecified atom stereocenters. The van der Waals surface area contributed by atoms with Gasteiger partial charge in [0.05, 0.1) is 0 Å². The predicted octanol–water partition coefficient (Wildman–Crippen LogP) is 0.773. The third-order valence-corrected chi connectivity index (χ3v) is 2.45. The monoisotopic (exact) mass is 182 g/mol. The normalized spacial score (nSPS) is 23.8. The molecule has 1 aliphatic heterocycles. The van der Waals surface area contributed by atoms with Crippen LogP contribution in [0.1, 0.15) is 19.8 Å². The first kappa shape index (κ1) is 10.3. The molecule has 74 valence electrons. The largest absolute Gasteiger partial charge is 0.338 e. The van der Waals surface area contributed by atoms with Gasteiger partial charge in [-0.15, -0.1) is 0 Å². The Morgan fingerprint density at radius 2 is 2.38 bits per heavy atom. The fourth-order valence-corrected chi connectivity index (χ4v) is 1.66. The van der Waals surface area contributed by atoms with E-state index in [1.807, 2.05) is 18.9 Å². The van der Waals surface area contributed by atoms with Gasteiger partial charge in [0, 0.05) is 19.1 Å². The summed E-state index contributed by atoms with van der Waals surface area (Å²) in [5, 5.41) is 3.21. The summed E-state index contributed by atoms with van der Waals surface area (Å²) in [5.74, 6) is 0.141. The molecule has 0 aromatic carbocycles. The van der Waals surface area contributed by atoms with Crippen molar-refractivity contribution in [2.45, 2.75) is 25.8 Å². The lowest BCUT2D eigenvalue weighted by molar-refractivity contribution is -0.127. The molecular formula is C10H18N2O. The van der Waals surface area contributed by atoms with Crippen LogP contribution in [0.2, 0.25) is 0 Å². The lowest BCUT2D eigenvalue weighted by Crippen LogP contribution is -2.46. The van der Waals surface area contributed by atoms with Crippen molar-refractivity contribution in [1.29, 1.82) is 0 Å². The first-order valence-corrected chi connectivity index (χ1v) is 4.86. The minimum atomic E-state index is 0.141. The summed E-state index contributed by atoms with van der Waals surface area (Å²) >= 11 is 0. The molecular weight excluding hydrogens is 164 g/mol. The van der Waals surface area contributed by atoms with Crippen molar-refractivity contribution >= 4 is 5.91 Å². The van der Waals surface area contributed by atoms with E-state index in [4.69, 9.17) is 0 Å². The number of nitrogens with zero attached hydrogens (tertiary/aromatic N) is 1. The molecule has 1 saturated heterocycles. The molecule has 1 atom stereocenters. The lowest BCUT2D eigenvalue weighted by atomic mass is 10.1. The highest BCUT2D eigenvalue weighted by Crippen LogP contribution is 2.09. The molecule has 3 heteroatoms. The second-order valence-corrected chi connectivity index (χ2v) is 3.41. The summed E-state index contributed by atoms with van der Waals surface area (Å²) in [7, 11) is 1.95. The van der Waals surface area contributed by atoms with E-state index in [-0.39, 0.29) is 5.91 Å². The van der Waals surface area contributed by atoms with Gasteiger partial charge in [0.2, 0.25) is 5.91 Å². The lowest BCUT2D eigenvalue weighted by Gasteiger charge is -2.31. The number of carbonyl (C=O) groups excluding carboxylic acids is 1. The summed E-state index contributed by atoms with van der Waals surface area (Å²) in [6.07, 6.45) is 5.72. The van der Waals surface area contributed by atoms with E-state index in [0.717, 1.165) is 19.5 Å². The summed E-state index contributed by atoms with van der Waals surface area (Å²) in [6, 6.07) is 0.475. The van der Waals surface area contributed by atoms with E-state index in [1.165, 1.54) is 6.42 Å². The molecule has 0 radical (unpaired) electrons. The molecule has 0 spiro atoms. The van der Waals surface area contributed by atoms with Gasteiger partial charge in [-0.05, 0) is 32.9 Å². The number of likely N-dealkylation sites (tertiary alicyclic amines) is 1. The summed E-state index contributed by atoms with van der Waals surface area (Å²) in [5.41, 5.74) is 0. The molecule has 3 nitrogen and oxygen atoms in total. The number of carbonyl (C=O) groups is 1. The van der Waals surface area contributed by atoms with Gasteiger partial charge in [-0.1, -0.05) is 6.08 Å². The Morgan fingerprint density at radius 1 is 1.62 bits per heavy atom. The number of hydrogen-bond acceptors (Lipinski definition) is 2. The Kier molecular flexibility index (Phi) is 3.96. The zero-order chi connectivity index (χ0) is 9.68. The van der Waals surface area contributed by atoms with Crippen molar-refractivity contribution in [2.75, 3.05) is 20.1 Å². The number of nitrogens with one attached hydrogen (secondary N) is 1. The first-order chi connectivity index (χ1) is 6.27. The van der Waals surface area contributed by atoms with E-state index in [1.54, 1.807) is 12.2 Å². The molecule has 0 aromatic heterocycles. The predicted molar refractivity (Wildman–Crippen MR) is 53.5 cm³/mol. The van der Waals surface area contributed by atoms with E-state index < -0.39 is 0 Å². The summed E-state index contributed by atoms with van der Waals surface area (Å²) < 4.78 is 0. The average molecular weight is 182 g/mol. The van der Waals surface area contributed by atoms with Crippen molar-refractivity contribution in [3.05, 3.63) is 12.2 Å². The highest BCUT2D eigenvalue weighted by Gasteiger charge is 2.20. The van der Waals surface area contributed by atoms with Gasteiger partial charge in [0.15, 0.2) is 0 Å². The quantitative estimate of drug-likeness (QED) is 0.640. The zero-order valence-electron chi connectivity index (χ0n) is 8.42. The maximum absolute atomic E-state index is 11.5. The van der Waals surface area contributed by atoms with Crippen molar-refractivity contribution in [3.63, 3.8) is 0 Å². The molecule has 1 rings (SSSR count). The maximum atomic E-state index is 11.5. The van der Waals surface area contributed by atoms with E-state index in [0.29, 0.717) is 6.04 Å². The fraction of sp³-hybridized carbons (Fsp3) is 0.700. The molecule has 1 heterocycles. The minimum absolute atomic E-state index is 0.141. The standard InChI is InChI=1S/C10H18N2O/c1-3-5-10(13)12-7-4-6-9(8-12)11-2/h3,5,9,11H,4,6-8H2,1-2H3/b5-3+. The van der Waals surface area contributed by atoms with Crippen LogP contribution in [0.3, 0.4) is 0 Å². The van der Waals surface area contributed by atoms with Gasteiger partial charge in [-0.3, -0.25) is 4.79 Å². The van der Waals surface area contributed by atoms with Crippen molar-refractivity contribution in [2.24, 2.45) is 0 Å². The van der Waals surface area contributed by atoms with Crippen LogP contribution in [0, 0.1) is 0 Å². The average Bonchev–Trinajstić information content (AvgIpc) is 2.18. The number of hydrogen-bond donors (Lipinski definition) is 1. The fourth-order valence-electron chi connectivity index (χ4n) is 1.66. The number of allylic oxidation sites excluding steroid dienone is 1. The van der Waals surface area contributed by atoms with Crippen LogP contribution >= 0.6 is 0 Å². The van der Waals surface area contributed by atoms with Crippen LogP contribution < -0.4 is 5.32 Å². The van der Waals surface area contributed by atoms with Crippen LogP contribution in [-0.4, -0.2) is 37.0 Å². The molecule has 1 aliphatic rings. The molecule has 1 amide bonds. The number of rotatable bonds is 2. The molecule has 1 N–H and O–H groups in total. The first-order valence-electron chi connectivity index (χ1n) is 4.86. The Hall–Kier alpha value is -0.830. The van der Waals surface area contributed by atoms with Crippen LogP contribution in [0.5, 0.6) is 0 Å². The number of piperidine rings is 1. The number of likely N-dealkylation sites (N-methyl/N-ethyl adjacent to an activating group) is 1. The van der Waals surface area contributed by atoms with Gasteiger partial charge < -0.3 is 10.2 Å². The van der Waals surface area contributed by atoms with Crippen molar-refractivity contribution in [1.82, 2.24) is 10.2 Å². The SMILES string of the molecule is C/C=C/C(=O)N1CCCC(NC)C1. The van der Waals surface area contributed by atoms with E-state index in [2.05, 4.69) is 5.32 Å². The molecule has 1 fully saturated rings. The molecule has 0 aliphatic carbocycles. The molecule has 0 saturated carbocycles. The van der Waals surface area contributed by atoms with Crippen molar-refractivity contribution in [3.8, 4) is 0 Å². The second-order valence-electron chi connectivity index (χ2n) is 3.41. The molecule has 13 heavy (non-hydrogen) atoms. The third kappa shape index (κ3) is 2.84.